The molecular weight excluding hydrogens is 366 g/mol. The minimum Gasteiger partial charge on any atom is -0.492 e. The number of nitrogens with zero attached hydrogens (tertiary/aromatic N) is 1. The van der Waals surface area contributed by atoms with Crippen molar-refractivity contribution in [3.05, 3.63) is 59.1 Å². The molecule has 2 rings (SSSR count). The standard InChI is InChI=1S/C17H18ClNO5S/c1-23-17(20)13-6-8-15(9-7-13)19(25(2,21)22)10-11-24-16-5-3-4-14(18)12-16/h3-9,12H,10-11H2,1-2H3. The highest BCUT2D eigenvalue weighted by atomic mass is 35.5. The van der Waals surface area contributed by atoms with E-state index in [-0.39, 0.29) is 13.2 Å². The summed E-state index contributed by atoms with van der Waals surface area (Å²) in [5.74, 6) is 0.0729. The largest absolute Gasteiger partial charge is 0.492 e. The summed E-state index contributed by atoms with van der Waals surface area (Å²) in [6.07, 6.45) is 1.11. The van der Waals surface area contributed by atoms with Gasteiger partial charge in [0.2, 0.25) is 10.0 Å². The van der Waals surface area contributed by atoms with Crippen LogP contribution in [-0.4, -0.2) is 40.9 Å². The van der Waals surface area contributed by atoms with E-state index in [0.717, 1.165) is 6.26 Å². The first kappa shape index (κ1) is 19.1. The smallest absolute Gasteiger partial charge is 0.337 e. The molecule has 6 nitrogen and oxygen atoms in total. The topological polar surface area (TPSA) is 72.9 Å². The molecule has 0 amide bonds. The van der Waals surface area contributed by atoms with E-state index in [1.165, 1.54) is 23.5 Å². The number of carbonyl (C=O) groups is 1. The van der Waals surface area contributed by atoms with Gasteiger partial charge in [-0.2, -0.15) is 0 Å². The molecule has 0 bridgehead atoms. The second kappa shape index (κ2) is 8.22. The number of halogens is 1. The van der Waals surface area contributed by atoms with Crippen LogP contribution >= 0.6 is 11.6 Å². The van der Waals surface area contributed by atoms with Crippen molar-refractivity contribution in [1.29, 1.82) is 0 Å². The Bertz CT molecular complexity index is 836. The average Bonchev–Trinajstić information content (AvgIpc) is 2.57. The van der Waals surface area contributed by atoms with Crippen molar-refractivity contribution in [2.45, 2.75) is 0 Å². The average molecular weight is 384 g/mol. The van der Waals surface area contributed by atoms with Gasteiger partial charge in [0.05, 0.1) is 31.2 Å². The lowest BCUT2D eigenvalue weighted by Crippen LogP contribution is -2.33. The number of benzene rings is 2. The lowest BCUT2D eigenvalue weighted by Gasteiger charge is -2.22. The third kappa shape index (κ3) is 5.37. The number of rotatable bonds is 7. The van der Waals surface area contributed by atoms with Gasteiger partial charge in [0.1, 0.15) is 12.4 Å². The predicted molar refractivity (Wildman–Crippen MR) is 96.9 cm³/mol. The molecular formula is C17H18ClNO5S. The Kier molecular flexibility index (Phi) is 6.27. The van der Waals surface area contributed by atoms with Crippen molar-refractivity contribution >= 4 is 33.3 Å². The first-order chi connectivity index (χ1) is 11.8. The number of anilines is 1. The molecule has 25 heavy (non-hydrogen) atoms. The van der Waals surface area contributed by atoms with Gasteiger partial charge in [-0.1, -0.05) is 17.7 Å². The summed E-state index contributed by atoms with van der Waals surface area (Å²) < 4.78 is 35.5. The third-order valence-electron chi connectivity index (χ3n) is 3.34. The van der Waals surface area contributed by atoms with Crippen molar-refractivity contribution in [2.75, 3.05) is 30.8 Å². The van der Waals surface area contributed by atoms with Gasteiger partial charge in [-0.05, 0) is 42.5 Å². The molecule has 8 heteroatoms. The number of sulfonamides is 1. The van der Waals surface area contributed by atoms with E-state index in [4.69, 9.17) is 16.3 Å². The summed E-state index contributed by atoms with van der Waals surface area (Å²) in [6.45, 7) is 0.259. The Hall–Kier alpha value is -2.25. The molecule has 0 saturated carbocycles. The van der Waals surface area contributed by atoms with Gasteiger partial charge in [0.15, 0.2) is 0 Å². The summed E-state index contributed by atoms with van der Waals surface area (Å²) in [5, 5.41) is 0.538. The van der Waals surface area contributed by atoms with Gasteiger partial charge in [0, 0.05) is 5.02 Å². The highest BCUT2D eigenvalue weighted by Crippen LogP contribution is 2.20. The molecule has 0 radical (unpaired) electrons. The molecule has 0 spiro atoms. The van der Waals surface area contributed by atoms with Crippen LogP contribution in [0.15, 0.2) is 48.5 Å². The van der Waals surface area contributed by atoms with E-state index in [1.807, 2.05) is 0 Å². The van der Waals surface area contributed by atoms with Crippen LogP contribution in [0.2, 0.25) is 5.02 Å². The Morgan fingerprint density at radius 1 is 1.16 bits per heavy atom. The van der Waals surface area contributed by atoms with E-state index in [2.05, 4.69) is 4.74 Å². The fourth-order valence-corrected chi connectivity index (χ4v) is 3.26. The predicted octanol–water partition coefficient (Wildman–Crippen LogP) is 2.97. The number of hydrogen-bond donors (Lipinski definition) is 0. The fourth-order valence-electron chi connectivity index (χ4n) is 2.17. The molecule has 0 fully saturated rings. The molecule has 0 N–H and O–H groups in total. The number of esters is 1. The first-order valence-electron chi connectivity index (χ1n) is 7.36. The second-order valence-electron chi connectivity index (χ2n) is 5.18. The van der Waals surface area contributed by atoms with Crippen LogP contribution in [0.4, 0.5) is 5.69 Å². The highest BCUT2D eigenvalue weighted by Gasteiger charge is 2.18. The van der Waals surface area contributed by atoms with Crippen LogP contribution in [-0.2, 0) is 14.8 Å². The maximum Gasteiger partial charge on any atom is 0.337 e. The summed E-state index contributed by atoms with van der Waals surface area (Å²) in [5.41, 5.74) is 0.778. The lowest BCUT2D eigenvalue weighted by atomic mass is 10.2. The molecule has 0 aliphatic rings. The van der Waals surface area contributed by atoms with E-state index in [0.29, 0.717) is 22.0 Å². The zero-order chi connectivity index (χ0) is 18.4. The van der Waals surface area contributed by atoms with Crippen molar-refractivity contribution in [1.82, 2.24) is 0 Å². The van der Waals surface area contributed by atoms with Crippen LogP contribution < -0.4 is 9.04 Å². The monoisotopic (exact) mass is 383 g/mol. The molecule has 0 atom stereocenters. The van der Waals surface area contributed by atoms with Gasteiger partial charge < -0.3 is 9.47 Å². The van der Waals surface area contributed by atoms with Crippen LogP contribution in [0.1, 0.15) is 10.4 Å². The normalized spacial score (nSPS) is 11.0. The number of hydrogen-bond acceptors (Lipinski definition) is 5. The zero-order valence-corrected chi connectivity index (χ0v) is 15.4. The Balaban J connectivity index is 2.10. The number of ether oxygens (including phenoxy) is 2. The molecule has 134 valence electrons. The van der Waals surface area contributed by atoms with Gasteiger partial charge in [-0.25, -0.2) is 13.2 Å². The van der Waals surface area contributed by atoms with Gasteiger partial charge in [-0.15, -0.1) is 0 Å². The Labute approximate surface area is 152 Å². The summed E-state index contributed by atoms with van der Waals surface area (Å²) in [4.78, 5) is 11.5. The van der Waals surface area contributed by atoms with Gasteiger partial charge in [-0.3, -0.25) is 4.31 Å². The van der Waals surface area contributed by atoms with E-state index < -0.39 is 16.0 Å². The quantitative estimate of drug-likeness (QED) is 0.687. The lowest BCUT2D eigenvalue weighted by molar-refractivity contribution is 0.0600. The van der Waals surface area contributed by atoms with Crippen molar-refractivity contribution < 1.29 is 22.7 Å². The van der Waals surface area contributed by atoms with E-state index in [9.17, 15) is 13.2 Å². The molecule has 0 aromatic heterocycles. The molecule has 0 saturated heterocycles. The molecule has 2 aromatic carbocycles. The molecule has 2 aromatic rings. The number of carbonyl (C=O) groups excluding carboxylic acids is 1. The van der Waals surface area contributed by atoms with E-state index >= 15 is 0 Å². The number of methoxy groups -OCH3 is 1. The van der Waals surface area contributed by atoms with Gasteiger partial charge >= 0.3 is 5.97 Å². The minimum absolute atomic E-state index is 0.114. The summed E-state index contributed by atoms with van der Waals surface area (Å²) in [7, 11) is -2.22. The van der Waals surface area contributed by atoms with Crippen LogP contribution in [0.3, 0.4) is 0 Å². The second-order valence-corrected chi connectivity index (χ2v) is 7.52. The first-order valence-corrected chi connectivity index (χ1v) is 9.58. The van der Waals surface area contributed by atoms with Crippen molar-refractivity contribution in [2.24, 2.45) is 0 Å². The van der Waals surface area contributed by atoms with Crippen LogP contribution in [0.5, 0.6) is 5.75 Å². The molecule has 0 aliphatic carbocycles. The maximum absolute atomic E-state index is 12.1. The molecule has 0 aliphatic heterocycles. The molecule has 0 heterocycles. The van der Waals surface area contributed by atoms with E-state index in [1.54, 1.807) is 36.4 Å². The Morgan fingerprint density at radius 3 is 2.40 bits per heavy atom. The third-order valence-corrected chi connectivity index (χ3v) is 4.77. The maximum atomic E-state index is 12.1. The highest BCUT2D eigenvalue weighted by molar-refractivity contribution is 7.92. The molecule has 0 unspecified atom stereocenters. The fraction of sp³-hybridized carbons (Fsp3) is 0.235. The zero-order valence-electron chi connectivity index (χ0n) is 13.8. The summed E-state index contributed by atoms with van der Waals surface area (Å²) >= 11 is 5.88. The van der Waals surface area contributed by atoms with Gasteiger partial charge in [0.25, 0.3) is 0 Å². The van der Waals surface area contributed by atoms with Crippen LogP contribution in [0, 0.1) is 0 Å². The van der Waals surface area contributed by atoms with Crippen LogP contribution in [0.25, 0.3) is 0 Å². The SMILES string of the molecule is COC(=O)c1ccc(N(CCOc2cccc(Cl)c2)S(C)(=O)=O)cc1. The minimum atomic E-state index is -3.51. The van der Waals surface area contributed by atoms with Crippen molar-refractivity contribution in [3.63, 3.8) is 0 Å². The summed E-state index contributed by atoms with van der Waals surface area (Å²) in [6, 6.07) is 13.0. The Morgan fingerprint density at radius 2 is 1.84 bits per heavy atom. The van der Waals surface area contributed by atoms with Crippen molar-refractivity contribution in [3.8, 4) is 5.75 Å².